The number of benzene rings is 4. The van der Waals surface area contributed by atoms with Crippen molar-refractivity contribution in [2.75, 3.05) is 24.4 Å². The van der Waals surface area contributed by atoms with Gasteiger partial charge in [0.15, 0.2) is 5.78 Å². The zero-order chi connectivity index (χ0) is 27.6. The lowest BCUT2D eigenvalue weighted by molar-refractivity contribution is -0.116. The van der Waals surface area contributed by atoms with Gasteiger partial charge >= 0.3 is 0 Å². The zero-order valence-corrected chi connectivity index (χ0v) is 22.5. The Hall–Kier alpha value is -4.84. The minimum atomic E-state index is -0.617. The van der Waals surface area contributed by atoms with Gasteiger partial charge in [-0.2, -0.15) is 0 Å². The van der Waals surface area contributed by atoms with Gasteiger partial charge in [0.25, 0.3) is 5.91 Å². The largest absolute Gasteiger partial charge is 0.497 e. The SMILES string of the molecule is COc1ccc([C@@H]2CC(=O)C3=C(C2)Nc2ccccc2N(C(=O)c2ccccc2)[C@@H]3c2ccc(OC)cc2)cc1. The third-order valence-corrected chi connectivity index (χ3v) is 7.75. The van der Waals surface area contributed by atoms with Crippen LogP contribution in [0.5, 0.6) is 11.5 Å². The van der Waals surface area contributed by atoms with Crippen LogP contribution in [0.1, 0.15) is 46.3 Å². The average Bonchev–Trinajstić information content (AvgIpc) is 3.16. The highest BCUT2D eigenvalue weighted by molar-refractivity contribution is 6.12. The van der Waals surface area contributed by atoms with Crippen molar-refractivity contribution < 1.29 is 19.1 Å². The smallest absolute Gasteiger partial charge is 0.259 e. The molecule has 1 amide bonds. The van der Waals surface area contributed by atoms with E-state index in [0.29, 0.717) is 29.7 Å². The van der Waals surface area contributed by atoms with Gasteiger partial charge in [-0.3, -0.25) is 14.5 Å². The second kappa shape index (κ2) is 10.7. The maximum absolute atomic E-state index is 14.3. The third kappa shape index (κ3) is 4.62. The van der Waals surface area contributed by atoms with E-state index in [9.17, 15) is 9.59 Å². The Labute approximate surface area is 233 Å². The molecule has 1 N–H and O–H groups in total. The quantitative estimate of drug-likeness (QED) is 0.303. The van der Waals surface area contributed by atoms with Crippen LogP contribution in [0.15, 0.2) is 114 Å². The Bertz CT molecular complexity index is 1580. The summed E-state index contributed by atoms with van der Waals surface area (Å²) in [6.07, 6.45) is 0.991. The number of ether oxygens (including phenoxy) is 2. The van der Waals surface area contributed by atoms with E-state index >= 15 is 0 Å². The van der Waals surface area contributed by atoms with Crippen LogP contribution in [0.4, 0.5) is 11.4 Å². The maximum Gasteiger partial charge on any atom is 0.259 e. The number of para-hydroxylation sites is 2. The normalized spacial score (nSPS) is 18.2. The van der Waals surface area contributed by atoms with Crippen molar-refractivity contribution in [3.05, 3.63) is 131 Å². The van der Waals surface area contributed by atoms with Crippen molar-refractivity contribution in [3.8, 4) is 11.5 Å². The molecule has 4 aromatic carbocycles. The zero-order valence-electron chi connectivity index (χ0n) is 22.5. The number of nitrogens with zero attached hydrogens (tertiary/aromatic N) is 1. The highest BCUT2D eigenvalue weighted by Gasteiger charge is 2.41. The molecule has 0 aromatic heterocycles. The lowest BCUT2D eigenvalue weighted by atomic mass is 9.78. The number of ketones is 1. The summed E-state index contributed by atoms with van der Waals surface area (Å²) in [4.78, 5) is 30.2. The summed E-state index contributed by atoms with van der Waals surface area (Å²) in [6.45, 7) is 0. The molecule has 1 heterocycles. The molecule has 40 heavy (non-hydrogen) atoms. The number of carbonyl (C=O) groups excluding carboxylic acids is 2. The summed E-state index contributed by atoms with van der Waals surface area (Å²) in [5, 5.41) is 3.59. The van der Waals surface area contributed by atoms with Gasteiger partial charge in [-0.1, -0.05) is 54.6 Å². The predicted molar refractivity (Wildman–Crippen MR) is 156 cm³/mol. The number of Topliss-reactive ketones (excluding diaryl/α,β-unsaturated/α-hetero) is 1. The molecule has 1 aliphatic heterocycles. The molecule has 0 spiro atoms. The summed E-state index contributed by atoms with van der Waals surface area (Å²) in [5.74, 6) is 1.34. The molecule has 4 aromatic rings. The summed E-state index contributed by atoms with van der Waals surface area (Å²) in [6, 6.07) is 31.9. The fourth-order valence-corrected chi connectivity index (χ4v) is 5.75. The monoisotopic (exact) mass is 530 g/mol. The Balaban J connectivity index is 1.53. The van der Waals surface area contributed by atoms with E-state index < -0.39 is 6.04 Å². The fourth-order valence-electron chi connectivity index (χ4n) is 5.75. The lowest BCUT2D eigenvalue weighted by Gasteiger charge is -2.35. The molecule has 0 saturated carbocycles. The van der Waals surface area contributed by atoms with Gasteiger partial charge in [-0.25, -0.2) is 0 Å². The van der Waals surface area contributed by atoms with Crippen LogP contribution in [-0.2, 0) is 4.79 Å². The summed E-state index contributed by atoms with van der Waals surface area (Å²) >= 11 is 0. The Morgan fingerprint density at radius 2 is 1.35 bits per heavy atom. The Morgan fingerprint density at radius 3 is 2.00 bits per heavy atom. The number of fused-ring (bicyclic) bond motifs is 1. The maximum atomic E-state index is 14.3. The van der Waals surface area contributed by atoms with E-state index in [0.717, 1.165) is 33.9 Å². The van der Waals surface area contributed by atoms with Crippen LogP contribution < -0.4 is 19.7 Å². The van der Waals surface area contributed by atoms with Gasteiger partial charge < -0.3 is 14.8 Å². The standard InChI is InChI=1S/C34H30N2O4/c1-39-26-16-12-22(13-17-26)25-20-29-32(31(37)21-25)33(23-14-18-27(40-2)19-15-23)36(30-11-7-6-10-28(30)35-29)34(38)24-8-4-3-5-9-24/h3-19,25,33,35H,20-21H2,1-2H3/t25-,33+/m0/s1. The first-order valence-electron chi connectivity index (χ1n) is 13.4. The summed E-state index contributed by atoms with van der Waals surface area (Å²) < 4.78 is 10.7. The molecular formula is C34H30N2O4. The van der Waals surface area contributed by atoms with Gasteiger partial charge in [0.1, 0.15) is 11.5 Å². The number of amides is 1. The van der Waals surface area contributed by atoms with Crippen molar-refractivity contribution >= 4 is 23.1 Å². The molecule has 0 bridgehead atoms. The molecule has 6 heteroatoms. The lowest BCUT2D eigenvalue weighted by Crippen LogP contribution is -2.38. The van der Waals surface area contributed by atoms with E-state index in [1.807, 2.05) is 103 Å². The van der Waals surface area contributed by atoms with Crippen molar-refractivity contribution in [1.29, 1.82) is 0 Å². The van der Waals surface area contributed by atoms with E-state index in [4.69, 9.17) is 9.47 Å². The third-order valence-electron chi connectivity index (χ3n) is 7.75. The molecule has 0 unspecified atom stereocenters. The van der Waals surface area contributed by atoms with Crippen molar-refractivity contribution in [2.24, 2.45) is 0 Å². The van der Waals surface area contributed by atoms with Crippen LogP contribution in [0, 0.1) is 0 Å². The molecule has 6 rings (SSSR count). The van der Waals surface area contributed by atoms with Crippen LogP contribution in [-0.4, -0.2) is 25.9 Å². The number of hydrogen-bond donors (Lipinski definition) is 1. The van der Waals surface area contributed by atoms with Crippen molar-refractivity contribution in [1.82, 2.24) is 0 Å². The Morgan fingerprint density at radius 1 is 0.750 bits per heavy atom. The van der Waals surface area contributed by atoms with Crippen LogP contribution in [0.3, 0.4) is 0 Å². The van der Waals surface area contributed by atoms with Crippen LogP contribution >= 0.6 is 0 Å². The first-order valence-corrected chi connectivity index (χ1v) is 13.4. The van der Waals surface area contributed by atoms with Crippen molar-refractivity contribution in [2.45, 2.75) is 24.8 Å². The highest BCUT2D eigenvalue weighted by atomic mass is 16.5. The molecule has 1 aliphatic carbocycles. The van der Waals surface area contributed by atoms with Crippen molar-refractivity contribution in [3.63, 3.8) is 0 Å². The Kier molecular flexibility index (Phi) is 6.83. The molecule has 0 radical (unpaired) electrons. The number of anilines is 2. The minimum absolute atomic E-state index is 0.00436. The molecule has 200 valence electrons. The van der Waals surface area contributed by atoms with E-state index in [2.05, 4.69) is 5.32 Å². The molecule has 0 fully saturated rings. The van der Waals surface area contributed by atoms with Gasteiger partial charge in [0, 0.05) is 23.3 Å². The first kappa shape index (κ1) is 25.4. The summed E-state index contributed by atoms with van der Waals surface area (Å²) in [5.41, 5.74) is 5.45. The highest BCUT2D eigenvalue weighted by Crippen LogP contribution is 2.48. The second-order valence-corrected chi connectivity index (χ2v) is 10.1. The number of allylic oxidation sites excluding steroid dienone is 1. The average molecular weight is 531 g/mol. The van der Waals surface area contributed by atoms with E-state index in [1.165, 1.54) is 0 Å². The number of hydrogen-bond acceptors (Lipinski definition) is 5. The van der Waals surface area contributed by atoms with Gasteiger partial charge in [0.05, 0.1) is 31.6 Å². The van der Waals surface area contributed by atoms with Crippen LogP contribution in [0.25, 0.3) is 0 Å². The molecule has 6 nitrogen and oxygen atoms in total. The number of carbonyl (C=O) groups is 2. The van der Waals surface area contributed by atoms with Gasteiger partial charge in [0.2, 0.25) is 0 Å². The second-order valence-electron chi connectivity index (χ2n) is 10.1. The van der Waals surface area contributed by atoms with E-state index in [-0.39, 0.29) is 17.6 Å². The number of methoxy groups -OCH3 is 2. The van der Waals surface area contributed by atoms with E-state index in [1.54, 1.807) is 19.1 Å². The van der Waals surface area contributed by atoms with Gasteiger partial charge in [-0.15, -0.1) is 0 Å². The molecular weight excluding hydrogens is 500 g/mol. The van der Waals surface area contributed by atoms with Crippen LogP contribution in [0.2, 0.25) is 0 Å². The first-order chi connectivity index (χ1) is 19.6. The summed E-state index contributed by atoms with van der Waals surface area (Å²) in [7, 11) is 3.27. The van der Waals surface area contributed by atoms with Gasteiger partial charge in [-0.05, 0) is 72.0 Å². The molecule has 0 saturated heterocycles. The molecule has 2 atom stereocenters. The topological polar surface area (TPSA) is 67.9 Å². The predicted octanol–water partition coefficient (Wildman–Crippen LogP) is 6.92. The number of nitrogens with one attached hydrogen (secondary N) is 1. The fraction of sp³-hybridized carbons (Fsp3) is 0.176. The molecule has 2 aliphatic rings. The number of rotatable bonds is 5. The minimum Gasteiger partial charge on any atom is -0.497 e.